The van der Waals surface area contributed by atoms with Gasteiger partial charge in [0.05, 0.1) is 7.11 Å². The van der Waals surface area contributed by atoms with Crippen molar-refractivity contribution in [3.63, 3.8) is 0 Å². The van der Waals surface area contributed by atoms with Crippen molar-refractivity contribution < 1.29 is 14.6 Å². The van der Waals surface area contributed by atoms with Crippen LogP contribution in [0.1, 0.15) is 10.4 Å². The number of aromatic hydroxyl groups is 1. The molecule has 1 amide bonds. The van der Waals surface area contributed by atoms with Gasteiger partial charge in [0.2, 0.25) is 0 Å². The Bertz CT molecular complexity index is 617. The predicted octanol–water partition coefficient (Wildman–Crippen LogP) is 2.81. The summed E-state index contributed by atoms with van der Waals surface area (Å²) in [6.07, 6.45) is 1.53. The highest BCUT2D eigenvalue weighted by Crippen LogP contribution is 2.28. The number of carbonyl (C=O) groups is 1. The monoisotopic (exact) mass is 322 g/mol. The summed E-state index contributed by atoms with van der Waals surface area (Å²) in [4.78, 5) is 15.9. The fourth-order valence-corrected chi connectivity index (χ4v) is 1.88. The Kier molecular flexibility index (Phi) is 4.01. The zero-order valence-corrected chi connectivity index (χ0v) is 11.6. The summed E-state index contributed by atoms with van der Waals surface area (Å²) in [6, 6.07) is 7.86. The van der Waals surface area contributed by atoms with E-state index < -0.39 is 0 Å². The molecule has 1 aromatic heterocycles. The SMILES string of the molecule is COc1ccc(NC(=O)c2ccnc(Br)c2)cc1O. The maximum Gasteiger partial charge on any atom is 0.255 e. The molecule has 0 aliphatic carbocycles. The van der Waals surface area contributed by atoms with E-state index in [9.17, 15) is 9.90 Å². The summed E-state index contributed by atoms with van der Waals surface area (Å²) in [5.41, 5.74) is 0.952. The molecular formula is C13H11BrN2O3. The molecule has 0 fully saturated rings. The van der Waals surface area contributed by atoms with Crippen molar-refractivity contribution in [2.45, 2.75) is 0 Å². The van der Waals surface area contributed by atoms with Crippen LogP contribution < -0.4 is 10.1 Å². The van der Waals surface area contributed by atoms with E-state index in [0.717, 1.165) is 0 Å². The van der Waals surface area contributed by atoms with Crippen LogP contribution in [-0.2, 0) is 0 Å². The number of carbonyl (C=O) groups excluding carboxylic acids is 1. The van der Waals surface area contributed by atoms with E-state index in [1.165, 1.54) is 19.4 Å². The third-order valence-electron chi connectivity index (χ3n) is 2.43. The molecule has 0 atom stereocenters. The van der Waals surface area contributed by atoms with Crippen LogP contribution in [0, 0.1) is 0 Å². The summed E-state index contributed by atoms with van der Waals surface area (Å²) in [5, 5.41) is 12.3. The van der Waals surface area contributed by atoms with E-state index in [-0.39, 0.29) is 11.7 Å². The third kappa shape index (κ3) is 3.23. The lowest BCUT2D eigenvalue weighted by atomic mass is 10.2. The van der Waals surface area contributed by atoms with E-state index in [1.54, 1.807) is 24.3 Å². The van der Waals surface area contributed by atoms with Gasteiger partial charge in [-0.3, -0.25) is 4.79 Å². The number of hydrogen-bond donors (Lipinski definition) is 2. The molecule has 0 saturated carbocycles. The number of phenols is 1. The van der Waals surface area contributed by atoms with E-state index in [4.69, 9.17) is 4.74 Å². The minimum Gasteiger partial charge on any atom is -0.504 e. The first kappa shape index (κ1) is 13.4. The van der Waals surface area contributed by atoms with Gasteiger partial charge < -0.3 is 15.2 Å². The maximum absolute atomic E-state index is 12.0. The number of rotatable bonds is 3. The molecule has 2 N–H and O–H groups in total. The predicted molar refractivity (Wildman–Crippen MR) is 74.5 cm³/mol. The Morgan fingerprint density at radius 3 is 2.79 bits per heavy atom. The lowest BCUT2D eigenvalue weighted by molar-refractivity contribution is 0.102. The zero-order chi connectivity index (χ0) is 13.8. The molecule has 5 nitrogen and oxygen atoms in total. The molecule has 1 aromatic carbocycles. The van der Waals surface area contributed by atoms with E-state index in [0.29, 0.717) is 21.6 Å². The molecule has 0 saturated heterocycles. The van der Waals surface area contributed by atoms with Gasteiger partial charge in [0.15, 0.2) is 11.5 Å². The summed E-state index contributed by atoms with van der Waals surface area (Å²) < 4.78 is 5.51. The summed E-state index contributed by atoms with van der Waals surface area (Å²) in [7, 11) is 1.46. The highest BCUT2D eigenvalue weighted by atomic mass is 79.9. The number of benzene rings is 1. The number of methoxy groups -OCH3 is 1. The standard InChI is InChI=1S/C13H11BrN2O3/c1-19-11-3-2-9(7-10(11)17)16-13(18)8-4-5-15-12(14)6-8/h2-7,17H,1H3,(H,16,18). The molecule has 6 heteroatoms. The molecule has 19 heavy (non-hydrogen) atoms. The first-order valence-corrected chi connectivity index (χ1v) is 6.19. The molecule has 0 aliphatic rings. The molecule has 2 aromatic rings. The highest BCUT2D eigenvalue weighted by Gasteiger charge is 2.08. The Hall–Kier alpha value is -2.08. The first-order valence-electron chi connectivity index (χ1n) is 5.40. The van der Waals surface area contributed by atoms with E-state index >= 15 is 0 Å². The van der Waals surface area contributed by atoms with Gasteiger partial charge in [0.1, 0.15) is 4.60 Å². The molecule has 2 rings (SSSR count). The van der Waals surface area contributed by atoms with Crippen LogP contribution in [-0.4, -0.2) is 23.1 Å². The van der Waals surface area contributed by atoms with Crippen LogP contribution in [0.3, 0.4) is 0 Å². The van der Waals surface area contributed by atoms with Crippen LogP contribution in [0.4, 0.5) is 5.69 Å². The van der Waals surface area contributed by atoms with Gasteiger partial charge in [-0.25, -0.2) is 4.98 Å². The summed E-state index contributed by atoms with van der Waals surface area (Å²) >= 11 is 3.20. The van der Waals surface area contributed by atoms with Gasteiger partial charge in [0.25, 0.3) is 5.91 Å². The molecule has 0 unspecified atom stereocenters. The Labute approximate surface area is 118 Å². The highest BCUT2D eigenvalue weighted by molar-refractivity contribution is 9.10. The number of aromatic nitrogens is 1. The average molecular weight is 323 g/mol. The third-order valence-corrected chi connectivity index (χ3v) is 2.86. The molecule has 0 radical (unpaired) electrons. The van der Waals surface area contributed by atoms with Crippen molar-refractivity contribution >= 4 is 27.5 Å². The number of halogens is 1. The zero-order valence-electron chi connectivity index (χ0n) is 10.1. The smallest absolute Gasteiger partial charge is 0.255 e. The number of nitrogens with one attached hydrogen (secondary N) is 1. The molecular weight excluding hydrogens is 312 g/mol. The van der Waals surface area contributed by atoms with Crippen LogP contribution >= 0.6 is 15.9 Å². The fourth-order valence-electron chi connectivity index (χ4n) is 1.51. The number of ether oxygens (including phenoxy) is 1. The van der Waals surface area contributed by atoms with Crippen molar-refractivity contribution in [2.24, 2.45) is 0 Å². The fraction of sp³-hybridized carbons (Fsp3) is 0.0769. The lowest BCUT2D eigenvalue weighted by Crippen LogP contribution is -2.11. The van der Waals surface area contributed by atoms with Gasteiger partial charge in [-0.05, 0) is 40.2 Å². The second-order valence-corrected chi connectivity index (χ2v) is 4.52. The van der Waals surface area contributed by atoms with Crippen LogP contribution in [0.15, 0.2) is 41.1 Å². The Balaban J connectivity index is 2.17. The van der Waals surface area contributed by atoms with Crippen molar-refractivity contribution in [1.82, 2.24) is 4.98 Å². The van der Waals surface area contributed by atoms with Crippen LogP contribution in [0.2, 0.25) is 0 Å². The minimum absolute atomic E-state index is 0.0313. The normalized spacial score (nSPS) is 10.0. The maximum atomic E-state index is 12.0. The van der Waals surface area contributed by atoms with Crippen molar-refractivity contribution in [1.29, 1.82) is 0 Å². The lowest BCUT2D eigenvalue weighted by Gasteiger charge is -2.08. The second-order valence-electron chi connectivity index (χ2n) is 3.71. The molecule has 0 bridgehead atoms. The number of phenolic OH excluding ortho intramolecular Hbond substituents is 1. The molecule has 1 heterocycles. The number of pyridine rings is 1. The molecule has 0 spiro atoms. The first-order chi connectivity index (χ1) is 9.10. The van der Waals surface area contributed by atoms with Crippen LogP contribution in [0.25, 0.3) is 0 Å². The average Bonchev–Trinajstić information content (AvgIpc) is 2.39. The van der Waals surface area contributed by atoms with Gasteiger partial charge >= 0.3 is 0 Å². The summed E-state index contributed by atoms with van der Waals surface area (Å²) in [5.74, 6) is 0.0357. The van der Waals surface area contributed by atoms with Crippen molar-refractivity contribution in [2.75, 3.05) is 12.4 Å². The van der Waals surface area contributed by atoms with Gasteiger partial charge in [0, 0.05) is 23.5 Å². The summed E-state index contributed by atoms with van der Waals surface area (Å²) in [6.45, 7) is 0. The Morgan fingerprint density at radius 1 is 1.37 bits per heavy atom. The minimum atomic E-state index is -0.285. The number of anilines is 1. The number of hydrogen-bond acceptors (Lipinski definition) is 4. The quantitative estimate of drug-likeness (QED) is 0.852. The number of nitrogens with zero attached hydrogens (tertiary/aromatic N) is 1. The number of amides is 1. The van der Waals surface area contributed by atoms with E-state index in [1.807, 2.05) is 0 Å². The van der Waals surface area contributed by atoms with Crippen LogP contribution in [0.5, 0.6) is 11.5 Å². The van der Waals surface area contributed by atoms with Crippen molar-refractivity contribution in [3.05, 3.63) is 46.7 Å². The molecule has 0 aliphatic heterocycles. The van der Waals surface area contributed by atoms with Gasteiger partial charge in [-0.1, -0.05) is 0 Å². The Morgan fingerprint density at radius 2 is 2.16 bits per heavy atom. The largest absolute Gasteiger partial charge is 0.504 e. The van der Waals surface area contributed by atoms with Gasteiger partial charge in [-0.15, -0.1) is 0 Å². The van der Waals surface area contributed by atoms with Gasteiger partial charge in [-0.2, -0.15) is 0 Å². The topological polar surface area (TPSA) is 71.5 Å². The van der Waals surface area contributed by atoms with Crippen molar-refractivity contribution in [3.8, 4) is 11.5 Å². The molecule has 98 valence electrons. The second kappa shape index (κ2) is 5.71. The van der Waals surface area contributed by atoms with E-state index in [2.05, 4.69) is 26.2 Å².